The van der Waals surface area contributed by atoms with Crippen LogP contribution in [-0.4, -0.2) is 56.8 Å². The molecule has 202 valence electrons. The number of phenolic OH excluding ortho intramolecular Hbond substituents is 1. The van der Waals surface area contributed by atoms with E-state index in [0.717, 1.165) is 0 Å². The lowest BCUT2D eigenvalue weighted by atomic mass is 9.66. The Bertz CT molecular complexity index is 1430. The van der Waals surface area contributed by atoms with Crippen molar-refractivity contribution in [1.29, 1.82) is 0 Å². The van der Waals surface area contributed by atoms with Crippen molar-refractivity contribution in [2.45, 2.75) is 12.0 Å². The number of nitrogens with zero attached hydrogens (tertiary/aromatic N) is 1. The van der Waals surface area contributed by atoms with Gasteiger partial charge in [0.05, 0.1) is 39.4 Å². The summed E-state index contributed by atoms with van der Waals surface area (Å²) in [5.41, 5.74) is 2.24. The highest BCUT2D eigenvalue weighted by molar-refractivity contribution is 5.89. The van der Waals surface area contributed by atoms with Gasteiger partial charge in [-0.3, -0.25) is 4.79 Å². The second-order valence-corrected chi connectivity index (χ2v) is 9.32. The minimum absolute atomic E-state index is 0.0423. The van der Waals surface area contributed by atoms with Crippen LogP contribution in [0.1, 0.15) is 39.1 Å². The number of aromatic nitrogens is 1. The summed E-state index contributed by atoms with van der Waals surface area (Å²) < 4.78 is 38.7. The third kappa shape index (κ3) is 4.01. The summed E-state index contributed by atoms with van der Waals surface area (Å²) in [4.78, 5) is 30.6. The van der Waals surface area contributed by atoms with E-state index in [1.54, 1.807) is 36.4 Å². The van der Waals surface area contributed by atoms with E-state index in [9.17, 15) is 14.7 Å². The summed E-state index contributed by atoms with van der Waals surface area (Å²) in [6.07, 6.45) is 0.550. The minimum atomic E-state index is -0.822. The van der Waals surface area contributed by atoms with Gasteiger partial charge in [0.25, 0.3) is 0 Å². The molecule has 1 aliphatic carbocycles. The van der Waals surface area contributed by atoms with E-state index in [0.29, 0.717) is 34.1 Å². The molecule has 39 heavy (non-hydrogen) atoms. The van der Waals surface area contributed by atoms with Crippen LogP contribution < -0.4 is 23.7 Å². The number of carbonyl (C=O) groups excluding carboxylic acids is 2. The Morgan fingerprint density at radius 3 is 2.26 bits per heavy atom. The molecule has 1 saturated heterocycles. The van der Waals surface area contributed by atoms with Crippen molar-refractivity contribution in [3.63, 3.8) is 0 Å². The molecule has 0 unspecified atom stereocenters. The van der Waals surface area contributed by atoms with Crippen molar-refractivity contribution in [3.05, 3.63) is 64.8 Å². The third-order valence-corrected chi connectivity index (χ3v) is 7.40. The van der Waals surface area contributed by atoms with Crippen molar-refractivity contribution >= 4 is 11.9 Å². The van der Waals surface area contributed by atoms with Gasteiger partial charge in [-0.2, -0.15) is 0 Å². The number of rotatable bonds is 6. The molecule has 1 fully saturated rings. The van der Waals surface area contributed by atoms with E-state index in [2.05, 4.69) is 4.98 Å². The van der Waals surface area contributed by atoms with Gasteiger partial charge >= 0.3 is 11.9 Å². The Balaban J connectivity index is 1.49. The molecule has 0 amide bonds. The Hall–Kier alpha value is -4.67. The van der Waals surface area contributed by atoms with Crippen LogP contribution in [0.5, 0.6) is 34.6 Å². The van der Waals surface area contributed by atoms with E-state index in [1.165, 1.54) is 27.5 Å². The van der Waals surface area contributed by atoms with Crippen LogP contribution >= 0.6 is 0 Å². The zero-order chi connectivity index (χ0) is 27.3. The smallest absolute Gasteiger partial charge is 0.340 e. The molecular weight excluding hydrogens is 510 g/mol. The Kier molecular flexibility index (Phi) is 6.05. The zero-order valence-electron chi connectivity index (χ0n) is 21.3. The lowest BCUT2D eigenvalue weighted by Gasteiger charge is -2.38. The lowest BCUT2D eigenvalue weighted by molar-refractivity contribution is -0.141. The van der Waals surface area contributed by atoms with Crippen molar-refractivity contribution in [2.75, 3.05) is 34.7 Å². The molecule has 2 aromatic carbocycles. The van der Waals surface area contributed by atoms with Gasteiger partial charge in [-0.1, -0.05) is 0 Å². The molecule has 0 bridgehead atoms. The van der Waals surface area contributed by atoms with Crippen molar-refractivity contribution in [3.8, 4) is 34.6 Å². The molecular formula is C28H25NO10. The first-order valence-electron chi connectivity index (χ1n) is 12.2. The molecule has 11 nitrogen and oxygen atoms in total. The van der Waals surface area contributed by atoms with Gasteiger partial charge in [0.15, 0.2) is 23.0 Å². The van der Waals surface area contributed by atoms with Gasteiger partial charge < -0.3 is 38.3 Å². The van der Waals surface area contributed by atoms with Crippen LogP contribution in [0, 0.1) is 11.8 Å². The number of cyclic esters (lactones) is 1. The van der Waals surface area contributed by atoms with Crippen LogP contribution in [0.25, 0.3) is 0 Å². The zero-order valence-corrected chi connectivity index (χ0v) is 21.3. The second kappa shape index (κ2) is 9.57. The molecule has 11 heteroatoms. The molecule has 1 aromatic heterocycles. The maximum atomic E-state index is 13.2. The number of hydrogen-bond donors (Lipinski definition) is 1. The fraction of sp³-hybridized carbons (Fsp3) is 0.321. The van der Waals surface area contributed by atoms with Gasteiger partial charge in [-0.05, 0) is 41.5 Å². The van der Waals surface area contributed by atoms with Crippen LogP contribution in [0.2, 0.25) is 0 Å². The first-order chi connectivity index (χ1) is 18.9. The monoisotopic (exact) mass is 535 g/mol. The van der Waals surface area contributed by atoms with Crippen LogP contribution in [0.4, 0.5) is 0 Å². The molecule has 3 aliphatic rings. The number of methoxy groups -OCH3 is 3. The third-order valence-electron chi connectivity index (χ3n) is 7.40. The maximum absolute atomic E-state index is 13.2. The number of benzene rings is 2. The predicted octanol–water partition coefficient (Wildman–Crippen LogP) is 3.37. The summed E-state index contributed by atoms with van der Waals surface area (Å²) in [5.74, 6) is -1.19. The van der Waals surface area contributed by atoms with E-state index in [-0.39, 0.29) is 36.2 Å². The number of pyridine rings is 1. The number of ether oxygens (including phenoxy) is 7. The highest BCUT2D eigenvalue weighted by Gasteiger charge is 2.54. The van der Waals surface area contributed by atoms with Crippen molar-refractivity contribution < 1.29 is 47.9 Å². The Morgan fingerprint density at radius 2 is 1.64 bits per heavy atom. The average Bonchev–Trinajstić information content (AvgIpc) is 3.58. The summed E-state index contributed by atoms with van der Waals surface area (Å²) in [6.45, 7) is 0.0969. The van der Waals surface area contributed by atoms with Crippen LogP contribution in [0.3, 0.4) is 0 Å². The number of hydrogen-bond acceptors (Lipinski definition) is 11. The van der Waals surface area contributed by atoms with Gasteiger partial charge in [0.2, 0.25) is 18.4 Å². The number of phenols is 1. The minimum Gasteiger partial charge on any atom is -0.502 e. The summed E-state index contributed by atoms with van der Waals surface area (Å²) >= 11 is 0. The number of aromatic hydroxyl groups is 1. The highest BCUT2D eigenvalue weighted by Crippen LogP contribution is 2.56. The van der Waals surface area contributed by atoms with Gasteiger partial charge in [0, 0.05) is 29.7 Å². The molecule has 3 heterocycles. The maximum Gasteiger partial charge on any atom is 0.340 e. The molecule has 0 spiro atoms. The quantitative estimate of drug-likeness (QED) is 0.466. The summed E-state index contributed by atoms with van der Waals surface area (Å²) in [6, 6.07) is 10.0. The number of carbonyl (C=O) groups is 2. The van der Waals surface area contributed by atoms with Crippen molar-refractivity contribution in [2.24, 2.45) is 11.8 Å². The van der Waals surface area contributed by atoms with Crippen LogP contribution in [0.15, 0.2) is 42.6 Å². The second-order valence-electron chi connectivity index (χ2n) is 9.32. The van der Waals surface area contributed by atoms with E-state index in [1.807, 2.05) is 0 Å². The van der Waals surface area contributed by atoms with Gasteiger partial charge in [-0.15, -0.1) is 0 Å². The van der Waals surface area contributed by atoms with Crippen molar-refractivity contribution in [1.82, 2.24) is 4.98 Å². The lowest BCUT2D eigenvalue weighted by Crippen LogP contribution is -2.36. The van der Waals surface area contributed by atoms with Gasteiger partial charge in [-0.25, -0.2) is 9.78 Å². The molecule has 2 aliphatic heterocycles. The largest absolute Gasteiger partial charge is 0.502 e. The predicted molar refractivity (Wildman–Crippen MR) is 133 cm³/mol. The summed E-state index contributed by atoms with van der Waals surface area (Å²) in [7, 11) is 4.35. The molecule has 1 N–H and O–H groups in total. The Morgan fingerprint density at radius 1 is 0.949 bits per heavy atom. The van der Waals surface area contributed by atoms with Crippen LogP contribution in [-0.2, 0) is 14.3 Å². The number of fused-ring (bicyclic) bond motifs is 3. The van der Waals surface area contributed by atoms with E-state index < -0.39 is 35.8 Å². The summed E-state index contributed by atoms with van der Waals surface area (Å²) in [5, 5.41) is 10.5. The SMILES string of the molecule is COc1ccc(C(=O)O[C@@H]2c3cc4c(cc3[C@@H](c3cc(OC)c(O)c(OC)c3)[C@H]3C(=O)OC[C@@H]32)OCO4)cn1. The highest BCUT2D eigenvalue weighted by atomic mass is 16.7. The van der Waals surface area contributed by atoms with E-state index in [4.69, 9.17) is 33.2 Å². The molecule has 0 saturated carbocycles. The topological polar surface area (TPSA) is 132 Å². The fourth-order valence-corrected chi connectivity index (χ4v) is 5.56. The van der Waals surface area contributed by atoms with Gasteiger partial charge in [0.1, 0.15) is 6.10 Å². The first-order valence-corrected chi connectivity index (χ1v) is 12.2. The fourth-order valence-electron chi connectivity index (χ4n) is 5.56. The molecule has 6 rings (SSSR count). The van der Waals surface area contributed by atoms with E-state index >= 15 is 0 Å². The first kappa shape index (κ1) is 24.7. The average molecular weight is 536 g/mol. The molecule has 4 atom stereocenters. The molecule has 3 aromatic rings. The molecule has 0 radical (unpaired) electrons. The Labute approximate surface area is 223 Å². The number of esters is 2. The normalized spacial score (nSPS) is 22.4. The standard InChI is InChI=1S/C28H25NO10/c1-33-20-6-14(7-21(34-2)25(20)30)23-15-8-18-19(38-12-37-18)9-16(15)26(17-11-36-28(32)24(17)23)39-27(31)13-4-5-22(35-3)29-10-13/h4-10,17,23-24,26,30H,11-12H2,1-3H3/t17-,23+,24-,26+/m0/s1.